The van der Waals surface area contributed by atoms with E-state index in [1.165, 1.54) is 16.7 Å². The number of nitrogens with one attached hydrogen (secondary N) is 1. The number of benzene rings is 2. The van der Waals surface area contributed by atoms with E-state index in [0.29, 0.717) is 18.1 Å². The van der Waals surface area contributed by atoms with Gasteiger partial charge in [-0.1, -0.05) is 48.0 Å². The second-order valence-corrected chi connectivity index (χ2v) is 7.00. The molecule has 0 spiro atoms. The molecule has 0 saturated heterocycles. The average Bonchev–Trinajstić information content (AvgIpc) is 3.02. The summed E-state index contributed by atoms with van der Waals surface area (Å²) in [7, 11) is 0. The van der Waals surface area contributed by atoms with E-state index >= 15 is 0 Å². The van der Waals surface area contributed by atoms with Crippen LogP contribution < -0.4 is 10.2 Å². The Bertz CT molecular complexity index is 968. The number of para-hydroxylation sites is 1. The van der Waals surface area contributed by atoms with Crippen LogP contribution in [0.3, 0.4) is 0 Å². The van der Waals surface area contributed by atoms with E-state index in [1.54, 1.807) is 6.07 Å². The van der Waals surface area contributed by atoms with E-state index in [9.17, 15) is 4.79 Å². The molecule has 1 unspecified atom stereocenters. The van der Waals surface area contributed by atoms with Crippen molar-refractivity contribution >= 4 is 17.4 Å². The summed E-state index contributed by atoms with van der Waals surface area (Å²) >= 11 is 0. The first-order valence-electron chi connectivity index (χ1n) is 9.16. The molecule has 5 nitrogen and oxygen atoms in total. The number of hydrogen-bond acceptors (Lipinski definition) is 4. The molecule has 3 aromatic rings. The van der Waals surface area contributed by atoms with E-state index in [2.05, 4.69) is 53.6 Å². The van der Waals surface area contributed by atoms with Crippen LogP contribution in [0.5, 0.6) is 0 Å². The minimum Gasteiger partial charge on any atom is -0.365 e. The van der Waals surface area contributed by atoms with Crippen molar-refractivity contribution < 1.29 is 4.79 Å². The summed E-state index contributed by atoms with van der Waals surface area (Å²) in [5.41, 5.74) is 4.93. The molecule has 4 rings (SSSR count). The van der Waals surface area contributed by atoms with Crippen LogP contribution in [0.25, 0.3) is 0 Å². The van der Waals surface area contributed by atoms with Crippen LogP contribution in [-0.4, -0.2) is 22.1 Å². The van der Waals surface area contributed by atoms with Crippen LogP contribution >= 0.6 is 0 Å². The number of anilines is 2. The monoisotopic (exact) mass is 358 g/mol. The van der Waals surface area contributed by atoms with Crippen LogP contribution in [0, 0.1) is 6.92 Å². The summed E-state index contributed by atoms with van der Waals surface area (Å²) in [5, 5.41) is 11.6. The normalized spacial score (nSPS) is 15.5. The summed E-state index contributed by atoms with van der Waals surface area (Å²) in [6, 6.07) is 20.0. The standard InChI is InChI=1S/C22H22N4O/c1-15-6-5-7-17(12-15)14-23-21-11-10-19(24-25-21)22(27)26-16(2)13-18-8-3-4-9-20(18)26/h3-12,16H,13-14H2,1-2H3,(H,23,25). The Morgan fingerprint density at radius 2 is 1.96 bits per heavy atom. The zero-order valence-electron chi connectivity index (χ0n) is 15.5. The van der Waals surface area contributed by atoms with Crippen LogP contribution in [0.4, 0.5) is 11.5 Å². The fraction of sp³-hybridized carbons (Fsp3) is 0.227. The van der Waals surface area contributed by atoms with Gasteiger partial charge in [0.25, 0.3) is 5.91 Å². The molecule has 136 valence electrons. The molecule has 0 saturated carbocycles. The fourth-order valence-corrected chi connectivity index (χ4v) is 3.55. The highest BCUT2D eigenvalue weighted by Gasteiger charge is 2.31. The molecular weight excluding hydrogens is 336 g/mol. The number of carbonyl (C=O) groups is 1. The van der Waals surface area contributed by atoms with E-state index in [4.69, 9.17) is 0 Å². The molecule has 1 aliphatic rings. The highest BCUT2D eigenvalue weighted by Crippen LogP contribution is 2.32. The van der Waals surface area contributed by atoms with Crippen LogP contribution in [0.2, 0.25) is 0 Å². The third-order valence-corrected chi connectivity index (χ3v) is 4.87. The number of carbonyl (C=O) groups excluding carboxylic acids is 1. The first-order chi connectivity index (χ1) is 13.1. The first kappa shape index (κ1) is 17.2. The van der Waals surface area contributed by atoms with Gasteiger partial charge in [0.1, 0.15) is 5.82 Å². The molecular formula is C22H22N4O. The fourth-order valence-electron chi connectivity index (χ4n) is 3.55. The lowest BCUT2D eigenvalue weighted by atomic mass is 10.1. The zero-order valence-corrected chi connectivity index (χ0v) is 15.5. The van der Waals surface area contributed by atoms with Gasteiger partial charge in [-0.2, -0.15) is 0 Å². The van der Waals surface area contributed by atoms with E-state index in [-0.39, 0.29) is 11.9 Å². The molecule has 0 aliphatic carbocycles. The molecule has 1 amide bonds. The van der Waals surface area contributed by atoms with Crippen LogP contribution in [0.15, 0.2) is 60.7 Å². The lowest BCUT2D eigenvalue weighted by molar-refractivity contribution is 0.0975. The van der Waals surface area contributed by atoms with Gasteiger partial charge in [-0.3, -0.25) is 4.79 Å². The quantitative estimate of drug-likeness (QED) is 0.766. The summed E-state index contributed by atoms with van der Waals surface area (Å²) in [6.07, 6.45) is 0.867. The summed E-state index contributed by atoms with van der Waals surface area (Å²) < 4.78 is 0. The Morgan fingerprint density at radius 3 is 2.74 bits per heavy atom. The smallest absolute Gasteiger partial charge is 0.279 e. The minimum absolute atomic E-state index is 0.106. The highest BCUT2D eigenvalue weighted by molar-refractivity contribution is 6.06. The molecule has 5 heteroatoms. The van der Waals surface area contributed by atoms with Crippen molar-refractivity contribution in [1.82, 2.24) is 10.2 Å². The molecule has 2 heterocycles. The van der Waals surface area contributed by atoms with Gasteiger partial charge < -0.3 is 10.2 Å². The summed E-state index contributed by atoms with van der Waals surface area (Å²) in [4.78, 5) is 14.8. The van der Waals surface area contributed by atoms with Crippen molar-refractivity contribution in [3.05, 3.63) is 83.0 Å². The molecule has 1 aliphatic heterocycles. The molecule has 1 N–H and O–H groups in total. The van der Waals surface area contributed by atoms with Crippen LogP contribution in [-0.2, 0) is 13.0 Å². The van der Waals surface area contributed by atoms with Crippen molar-refractivity contribution in [2.75, 3.05) is 10.2 Å². The third kappa shape index (κ3) is 3.53. The summed E-state index contributed by atoms with van der Waals surface area (Å²) in [6.45, 7) is 4.80. The van der Waals surface area contributed by atoms with Gasteiger partial charge in [0, 0.05) is 18.3 Å². The number of amides is 1. The van der Waals surface area contributed by atoms with E-state index < -0.39 is 0 Å². The number of hydrogen-bond donors (Lipinski definition) is 1. The number of rotatable bonds is 4. The average molecular weight is 358 g/mol. The summed E-state index contributed by atoms with van der Waals surface area (Å²) in [5.74, 6) is 0.549. The molecule has 0 radical (unpaired) electrons. The number of aryl methyl sites for hydroxylation is 1. The van der Waals surface area contributed by atoms with Crippen LogP contribution in [0.1, 0.15) is 34.1 Å². The van der Waals surface area contributed by atoms with Gasteiger partial charge >= 0.3 is 0 Å². The van der Waals surface area contributed by atoms with E-state index in [1.807, 2.05) is 35.2 Å². The molecule has 2 aromatic carbocycles. The maximum absolute atomic E-state index is 13.0. The second kappa shape index (κ2) is 7.19. The third-order valence-electron chi connectivity index (χ3n) is 4.87. The SMILES string of the molecule is Cc1cccc(CNc2ccc(C(=O)N3c4ccccc4CC3C)nn2)c1. The molecule has 1 atom stereocenters. The van der Waals surface area contributed by atoms with Crippen molar-refractivity contribution in [2.45, 2.75) is 32.9 Å². The second-order valence-electron chi connectivity index (χ2n) is 7.00. The van der Waals surface area contributed by atoms with Gasteiger partial charge in [0.2, 0.25) is 0 Å². The maximum atomic E-state index is 13.0. The van der Waals surface area contributed by atoms with Gasteiger partial charge in [-0.05, 0) is 49.6 Å². The van der Waals surface area contributed by atoms with Crippen molar-refractivity contribution in [3.63, 3.8) is 0 Å². The largest absolute Gasteiger partial charge is 0.365 e. The number of aromatic nitrogens is 2. The molecule has 0 fully saturated rings. The molecule has 27 heavy (non-hydrogen) atoms. The Kier molecular flexibility index (Phi) is 4.59. The zero-order chi connectivity index (χ0) is 18.8. The maximum Gasteiger partial charge on any atom is 0.279 e. The Balaban J connectivity index is 1.47. The number of fused-ring (bicyclic) bond motifs is 1. The predicted molar refractivity (Wildman–Crippen MR) is 107 cm³/mol. The predicted octanol–water partition coefficient (Wildman–Crippen LogP) is 3.99. The first-order valence-corrected chi connectivity index (χ1v) is 9.16. The molecule has 1 aromatic heterocycles. The van der Waals surface area contributed by atoms with Gasteiger partial charge in [-0.15, -0.1) is 10.2 Å². The minimum atomic E-state index is -0.106. The lowest BCUT2D eigenvalue weighted by Crippen LogP contribution is -2.36. The number of nitrogens with zero attached hydrogens (tertiary/aromatic N) is 3. The topological polar surface area (TPSA) is 58.1 Å². The van der Waals surface area contributed by atoms with E-state index in [0.717, 1.165) is 12.1 Å². The lowest BCUT2D eigenvalue weighted by Gasteiger charge is -2.22. The van der Waals surface area contributed by atoms with Gasteiger partial charge in [0.15, 0.2) is 5.69 Å². The van der Waals surface area contributed by atoms with Crippen molar-refractivity contribution in [3.8, 4) is 0 Å². The van der Waals surface area contributed by atoms with Gasteiger partial charge in [0.05, 0.1) is 0 Å². The van der Waals surface area contributed by atoms with Gasteiger partial charge in [-0.25, -0.2) is 0 Å². The Hall–Kier alpha value is -3.21. The Morgan fingerprint density at radius 1 is 1.11 bits per heavy atom. The molecule has 0 bridgehead atoms. The van der Waals surface area contributed by atoms with Crippen molar-refractivity contribution in [2.24, 2.45) is 0 Å². The highest BCUT2D eigenvalue weighted by atomic mass is 16.2. The van der Waals surface area contributed by atoms with Crippen molar-refractivity contribution in [1.29, 1.82) is 0 Å². The Labute approximate surface area is 159 Å².